The summed E-state index contributed by atoms with van der Waals surface area (Å²) in [6, 6.07) is 4.94. The number of nitrogens with zero attached hydrogens (tertiary/aromatic N) is 1. The Kier molecular flexibility index (Phi) is 9.22. The van der Waals surface area contributed by atoms with Crippen LogP contribution in [0.1, 0.15) is 20.3 Å². The Morgan fingerprint density at radius 3 is 2.19 bits per heavy atom. The standard InChI is InChI=1S/C17H26FN3O4S/c1-3-21(4-2)11-5-10-19-16(22)12-26(24,25)13-17(23)20-15-8-6-14(18)7-9-15/h6-9H,3-5,10-13H2,1-2H3,(H,19,22)(H,20,23). The van der Waals surface area contributed by atoms with Crippen molar-refractivity contribution in [1.82, 2.24) is 10.2 Å². The van der Waals surface area contributed by atoms with Gasteiger partial charge in [-0.25, -0.2) is 12.8 Å². The van der Waals surface area contributed by atoms with E-state index >= 15 is 0 Å². The monoisotopic (exact) mass is 387 g/mol. The van der Waals surface area contributed by atoms with Gasteiger partial charge in [0.1, 0.15) is 17.3 Å². The summed E-state index contributed by atoms with van der Waals surface area (Å²) in [4.78, 5) is 25.7. The Hall–Kier alpha value is -2.00. The van der Waals surface area contributed by atoms with E-state index in [-0.39, 0.29) is 5.69 Å². The third-order valence-corrected chi connectivity index (χ3v) is 5.10. The molecule has 0 fully saturated rings. The fourth-order valence-electron chi connectivity index (χ4n) is 2.30. The van der Waals surface area contributed by atoms with Gasteiger partial charge in [-0.05, 0) is 50.3 Å². The quantitative estimate of drug-likeness (QED) is 0.553. The van der Waals surface area contributed by atoms with E-state index in [9.17, 15) is 22.4 Å². The predicted molar refractivity (Wildman–Crippen MR) is 99.1 cm³/mol. The summed E-state index contributed by atoms with van der Waals surface area (Å²) >= 11 is 0. The van der Waals surface area contributed by atoms with Gasteiger partial charge in [0, 0.05) is 12.2 Å². The van der Waals surface area contributed by atoms with Crippen molar-refractivity contribution < 1.29 is 22.4 Å². The van der Waals surface area contributed by atoms with Crippen LogP contribution in [0, 0.1) is 5.82 Å². The molecule has 0 saturated carbocycles. The second-order valence-electron chi connectivity index (χ2n) is 5.82. The van der Waals surface area contributed by atoms with E-state index in [1.54, 1.807) is 0 Å². The average Bonchev–Trinajstić information content (AvgIpc) is 2.56. The van der Waals surface area contributed by atoms with E-state index in [2.05, 4.69) is 15.5 Å². The number of carbonyl (C=O) groups is 2. The van der Waals surface area contributed by atoms with Crippen LogP contribution in [0.5, 0.6) is 0 Å². The summed E-state index contributed by atoms with van der Waals surface area (Å²) < 4.78 is 36.7. The van der Waals surface area contributed by atoms with Crippen LogP contribution in [0.15, 0.2) is 24.3 Å². The SMILES string of the molecule is CCN(CC)CCCNC(=O)CS(=O)(=O)CC(=O)Nc1ccc(F)cc1. The van der Waals surface area contributed by atoms with Crippen molar-refractivity contribution in [2.75, 3.05) is 43.0 Å². The largest absolute Gasteiger partial charge is 0.355 e. The maximum atomic E-state index is 12.8. The minimum atomic E-state index is -3.88. The van der Waals surface area contributed by atoms with Crippen molar-refractivity contribution in [3.8, 4) is 0 Å². The molecule has 0 aliphatic rings. The van der Waals surface area contributed by atoms with Crippen LogP contribution in [-0.4, -0.2) is 62.8 Å². The van der Waals surface area contributed by atoms with Crippen molar-refractivity contribution >= 4 is 27.3 Å². The van der Waals surface area contributed by atoms with Crippen LogP contribution in [-0.2, 0) is 19.4 Å². The lowest BCUT2D eigenvalue weighted by Crippen LogP contribution is -2.35. The molecular weight excluding hydrogens is 361 g/mol. The molecule has 0 radical (unpaired) electrons. The molecular formula is C17H26FN3O4S. The molecule has 0 aromatic heterocycles. The van der Waals surface area contributed by atoms with Crippen LogP contribution < -0.4 is 10.6 Å². The van der Waals surface area contributed by atoms with Crippen molar-refractivity contribution in [3.63, 3.8) is 0 Å². The van der Waals surface area contributed by atoms with E-state index in [1.807, 2.05) is 13.8 Å². The number of hydrogen-bond acceptors (Lipinski definition) is 5. The molecule has 0 aliphatic carbocycles. The molecule has 2 N–H and O–H groups in total. The molecule has 1 aromatic carbocycles. The number of carbonyl (C=O) groups excluding carboxylic acids is 2. The maximum Gasteiger partial charge on any atom is 0.239 e. The molecule has 0 saturated heterocycles. The Morgan fingerprint density at radius 2 is 1.62 bits per heavy atom. The smallest absolute Gasteiger partial charge is 0.239 e. The van der Waals surface area contributed by atoms with Gasteiger partial charge in [0.15, 0.2) is 9.84 Å². The zero-order chi connectivity index (χ0) is 19.6. The summed E-state index contributed by atoms with van der Waals surface area (Å²) in [5.74, 6) is -3.41. The molecule has 146 valence electrons. The van der Waals surface area contributed by atoms with Crippen LogP contribution in [0.2, 0.25) is 0 Å². The zero-order valence-electron chi connectivity index (χ0n) is 15.1. The highest BCUT2D eigenvalue weighted by Crippen LogP contribution is 2.08. The molecule has 26 heavy (non-hydrogen) atoms. The first-order chi connectivity index (χ1) is 12.3. The molecule has 0 bridgehead atoms. The van der Waals surface area contributed by atoms with Gasteiger partial charge in [0.25, 0.3) is 0 Å². The van der Waals surface area contributed by atoms with Gasteiger partial charge >= 0.3 is 0 Å². The van der Waals surface area contributed by atoms with E-state index in [0.29, 0.717) is 6.54 Å². The number of amides is 2. The molecule has 0 atom stereocenters. The van der Waals surface area contributed by atoms with Gasteiger partial charge in [-0.1, -0.05) is 13.8 Å². The number of rotatable bonds is 11. The van der Waals surface area contributed by atoms with Gasteiger partial charge in [-0.2, -0.15) is 0 Å². The second kappa shape index (κ2) is 10.9. The summed E-state index contributed by atoms with van der Waals surface area (Å²) in [5, 5.41) is 4.91. The third kappa shape index (κ3) is 8.91. The van der Waals surface area contributed by atoms with Crippen molar-refractivity contribution in [3.05, 3.63) is 30.1 Å². The number of nitrogens with one attached hydrogen (secondary N) is 2. The number of anilines is 1. The van der Waals surface area contributed by atoms with Crippen molar-refractivity contribution in [1.29, 1.82) is 0 Å². The molecule has 1 aromatic rings. The highest BCUT2D eigenvalue weighted by Gasteiger charge is 2.20. The highest BCUT2D eigenvalue weighted by atomic mass is 32.2. The average molecular weight is 387 g/mol. The topological polar surface area (TPSA) is 95.6 Å². The van der Waals surface area contributed by atoms with Gasteiger partial charge in [-0.15, -0.1) is 0 Å². The first-order valence-electron chi connectivity index (χ1n) is 8.50. The zero-order valence-corrected chi connectivity index (χ0v) is 15.9. The van der Waals surface area contributed by atoms with Gasteiger partial charge < -0.3 is 15.5 Å². The summed E-state index contributed by atoms with van der Waals surface area (Å²) in [7, 11) is -3.88. The fraction of sp³-hybridized carbons (Fsp3) is 0.529. The predicted octanol–water partition coefficient (Wildman–Crippen LogP) is 1.03. The number of benzene rings is 1. The minimum Gasteiger partial charge on any atom is -0.355 e. The molecule has 1 rings (SSSR count). The van der Waals surface area contributed by atoms with E-state index in [1.165, 1.54) is 12.1 Å². The minimum absolute atomic E-state index is 0.285. The summed E-state index contributed by atoms with van der Waals surface area (Å²) in [6.45, 7) is 7.13. The summed E-state index contributed by atoms with van der Waals surface area (Å²) in [5.41, 5.74) is 0.285. The molecule has 7 nitrogen and oxygen atoms in total. The Balaban J connectivity index is 2.36. The van der Waals surface area contributed by atoms with E-state index in [0.717, 1.165) is 38.2 Å². The molecule has 0 spiro atoms. The first-order valence-corrected chi connectivity index (χ1v) is 10.3. The van der Waals surface area contributed by atoms with E-state index < -0.39 is 39.0 Å². The molecule has 2 amide bonds. The second-order valence-corrected chi connectivity index (χ2v) is 7.88. The third-order valence-electron chi connectivity index (χ3n) is 3.70. The molecule has 0 aliphatic heterocycles. The Morgan fingerprint density at radius 1 is 1.04 bits per heavy atom. The molecule has 9 heteroatoms. The Labute approximate surface area is 153 Å². The Bertz CT molecular complexity index is 688. The van der Waals surface area contributed by atoms with Crippen LogP contribution in [0.25, 0.3) is 0 Å². The molecule has 0 heterocycles. The maximum absolute atomic E-state index is 12.8. The first kappa shape index (κ1) is 22.0. The highest BCUT2D eigenvalue weighted by molar-refractivity contribution is 7.92. The molecule has 0 unspecified atom stereocenters. The van der Waals surface area contributed by atoms with Crippen molar-refractivity contribution in [2.24, 2.45) is 0 Å². The van der Waals surface area contributed by atoms with Crippen LogP contribution in [0.4, 0.5) is 10.1 Å². The number of sulfone groups is 1. The number of halogens is 1. The summed E-state index contributed by atoms with van der Waals surface area (Å²) in [6.07, 6.45) is 0.721. The van der Waals surface area contributed by atoms with Gasteiger partial charge in [-0.3, -0.25) is 9.59 Å². The lowest BCUT2D eigenvalue weighted by atomic mass is 10.3. The lowest BCUT2D eigenvalue weighted by Gasteiger charge is -2.17. The fourth-order valence-corrected chi connectivity index (χ4v) is 3.38. The van der Waals surface area contributed by atoms with Gasteiger partial charge in [0.2, 0.25) is 11.8 Å². The van der Waals surface area contributed by atoms with Crippen LogP contribution in [0.3, 0.4) is 0 Å². The number of hydrogen-bond donors (Lipinski definition) is 2. The lowest BCUT2D eigenvalue weighted by molar-refractivity contribution is -0.118. The van der Waals surface area contributed by atoms with Gasteiger partial charge in [0.05, 0.1) is 0 Å². The van der Waals surface area contributed by atoms with Crippen molar-refractivity contribution in [2.45, 2.75) is 20.3 Å². The van der Waals surface area contributed by atoms with Crippen LogP contribution >= 0.6 is 0 Å². The normalized spacial score (nSPS) is 11.4. The van der Waals surface area contributed by atoms with E-state index in [4.69, 9.17) is 0 Å².